The Bertz CT molecular complexity index is 391. The minimum absolute atomic E-state index is 0.421. The van der Waals surface area contributed by atoms with Crippen LogP contribution >= 0.6 is 0 Å². The van der Waals surface area contributed by atoms with Gasteiger partial charge in [-0.05, 0) is 58.1 Å². The number of hydrogen-bond acceptors (Lipinski definition) is 3. The van der Waals surface area contributed by atoms with E-state index in [0.29, 0.717) is 12.1 Å². The molecule has 1 aromatic rings. The van der Waals surface area contributed by atoms with Gasteiger partial charge in [0.25, 0.3) is 0 Å². The van der Waals surface area contributed by atoms with Crippen LogP contribution in [-0.4, -0.2) is 43.0 Å². The first kappa shape index (κ1) is 13.4. The number of hydrogen-bond donors (Lipinski definition) is 1. The molecule has 18 heavy (non-hydrogen) atoms. The zero-order valence-corrected chi connectivity index (χ0v) is 11.8. The number of rotatable bonds is 3. The molecule has 0 radical (unpaired) electrons. The van der Waals surface area contributed by atoms with Gasteiger partial charge in [-0.15, -0.1) is 0 Å². The summed E-state index contributed by atoms with van der Waals surface area (Å²) in [4.78, 5) is 4.92. The molecular weight excluding hydrogens is 222 g/mol. The molecule has 1 saturated heterocycles. The van der Waals surface area contributed by atoms with E-state index in [2.05, 4.69) is 43.0 Å². The van der Waals surface area contributed by atoms with Crippen LogP contribution in [0.2, 0.25) is 0 Å². The van der Waals surface area contributed by atoms with Crippen LogP contribution in [0.5, 0.6) is 0 Å². The maximum Gasteiger partial charge on any atom is 0.0321 e. The molecule has 1 heterocycles. The molecule has 0 aliphatic carbocycles. The Morgan fingerprint density at radius 1 is 1.44 bits per heavy atom. The molecular formula is C15H25N3. The Kier molecular flexibility index (Phi) is 4.25. The molecule has 1 aliphatic heterocycles. The average Bonchev–Trinajstić information content (AvgIpc) is 2.37. The summed E-state index contributed by atoms with van der Waals surface area (Å²) in [5.41, 5.74) is 8.04. The van der Waals surface area contributed by atoms with E-state index in [4.69, 9.17) is 5.73 Å². The van der Waals surface area contributed by atoms with Crippen molar-refractivity contribution in [3.05, 3.63) is 29.8 Å². The molecule has 2 rings (SSSR count). The number of nitrogens with zero attached hydrogens (tertiary/aromatic N) is 2. The lowest BCUT2D eigenvalue weighted by atomic mass is 10.00. The molecule has 0 bridgehead atoms. The van der Waals surface area contributed by atoms with Gasteiger partial charge in [0.05, 0.1) is 0 Å². The van der Waals surface area contributed by atoms with Crippen LogP contribution in [0, 0.1) is 0 Å². The van der Waals surface area contributed by atoms with Crippen molar-refractivity contribution in [2.45, 2.75) is 31.8 Å². The number of likely N-dealkylation sites (N-methyl/N-ethyl adjacent to an activating group) is 2. The molecule has 3 heteroatoms. The summed E-state index contributed by atoms with van der Waals surface area (Å²) in [5.74, 6) is 0. The van der Waals surface area contributed by atoms with E-state index in [-0.39, 0.29) is 0 Å². The molecule has 1 fully saturated rings. The molecule has 0 saturated carbocycles. The van der Waals surface area contributed by atoms with Crippen LogP contribution in [0.25, 0.3) is 0 Å². The molecule has 0 aromatic heterocycles. The van der Waals surface area contributed by atoms with Gasteiger partial charge in [-0.2, -0.15) is 0 Å². The number of nitrogen functional groups attached to an aromatic ring is 1. The summed E-state index contributed by atoms with van der Waals surface area (Å²) in [6.45, 7) is 4.67. The first-order chi connectivity index (χ1) is 8.58. The van der Waals surface area contributed by atoms with E-state index in [1.54, 1.807) is 0 Å². The highest BCUT2D eigenvalue weighted by molar-refractivity contribution is 5.41. The molecule has 1 aromatic carbocycles. The van der Waals surface area contributed by atoms with Crippen molar-refractivity contribution in [3.63, 3.8) is 0 Å². The SMILES string of the molecule is CC(c1cccc(N)c1)N(C)C1CCCN(C)C1. The van der Waals surface area contributed by atoms with Crippen molar-refractivity contribution >= 4 is 5.69 Å². The van der Waals surface area contributed by atoms with Crippen LogP contribution in [0.4, 0.5) is 5.69 Å². The van der Waals surface area contributed by atoms with Crippen molar-refractivity contribution in [1.82, 2.24) is 9.80 Å². The fourth-order valence-electron chi connectivity index (χ4n) is 2.84. The van der Waals surface area contributed by atoms with Crippen molar-refractivity contribution in [3.8, 4) is 0 Å². The van der Waals surface area contributed by atoms with E-state index in [9.17, 15) is 0 Å². The number of nitrogens with two attached hydrogens (primary N) is 1. The van der Waals surface area contributed by atoms with Gasteiger partial charge in [-0.3, -0.25) is 4.90 Å². The van der Waals surface area contributed by atoms with Crippen molar-refractivity contribution in [2.75, 3.05) is 32.9 Å². The second-order valence-electron chi connectivity index (χ2n) is 5.57. The third-order valence-corrected chi connectivity index (χ3v) is 4.18. The van der Waals surface area contributed by atoms with E-state index in [0.717, 1.165) is 5.69 Å². The van der Waals surface area contributed by atoms with Gasteiger partial charge in [0.15, 0.2) is 0 Å². The summed E-state index contributed by atoms with van der Waals surface area (Å²) in [7, 11) is 4.45. The maximum atomic E-state index is 5.87. The number of likely N-dealkylation sites (tertiary alicyclic amines) is 1. The van der Waals surface area contributed by atoms with Gasteiger partial charge in [-0.1, -0.05) is 12.1 Å². The molecule has 0 spiro atoms. The van der Waals surface area contributed by atoms with Gasteiger partial charge in [-0.25, -0.2) is 0 Å². The third kappa shape index (κ3) is 3.03. The van der Waals surface area contributed by atoms with E-state index in [1.165, 1.54) is 31.5 Å². The first-order valence-corrected chi connectivity index (χ1v) is 6.84. The zero-order chi connectivity index (χ0) is 13.1. The van der Waals surface area contributed by atoms with Gasteiger partial charge >= 0.3 is 0 Å². The van der Waals surface area contributed by atoms with Crippen LogP contribution in [0.15, 0.2) is 24.3 Å². The first-order valence-electron chi connectivity index (χ1n) is 6.84. The van der Waals surface area contributed by atoms with Gasteiger partial charge in [0, 0.05) is 24.3 Å². The van der Waals surface area contributed by atoms with Gasteiger partial charge < -0.3 is 10.6 Å². The summed E-state index contributed by atoms with van der Waals surface area (Å²) in [5, 5.41) is 0. The van der Waals surface area contributed by atoms with E-state index < -0.39 is 0 Å². The standard InChI is InChI=1S/C15H25N3/c1-12(13-6-4-7-14(16)10-13)18(3)15-8-5-9-17(2)11-15/h4,6-7,10,12,15H,5,8-9,11,16H2,1-3H3. The minimum atomic E-state index is 0.421. The third-order valence-electron chi connectivity index (χ3n) is 4.18. The predicted molar refractivity (Wildman–Crippen MR) is 77.6 cm³/mol. The monoisotopic (exact) mass is 247 g/mol. The highest BCUT2D eigenvalue weighted by atomic mass is 15.2. The maximum absolute atomic E-state index is 5.87. The van der Waals surface area contributed by atoms with Crippen LogP contribution in [-0.2, 0) is 0 Å². The molecule has 3 nitrogen and oxygen atoms in total. The summed E-state index contributed by atoms with van der Waals surface area (Å²) in [6.07, 6.45) is 2.60. The lowest BCUT2D eigenvalue weighted by molar-refractivity contribution is 0.105. The van der Waals surface area contributed by atoms with Crippen molar-refractivity contribution < 1.29 is 0 Å². The van der Waals surface area contributed by atoms with Crippen molar-refractivity contribution in [2.24, 2.45) is 0 Å². The Hall–Kier alpha value is -1.06. The fourth-order valence-corrected chi connectivity index (χ4v) is 2.84. The lowest BCUT2D eigenvalue weighted by Crippen LogP contribution is -2.45. The van der Waals surface area contributed by atoms with Crippen LogP contribution < -0.4 is 5.73 Å². The highest BCUT2D eigenvalue weighted by Crippen LogP contribution is 2.25. The Morgan fingerprint density at radius 3 is 2.89 bits per heavy atom. The van der Waals surface area contributed by atoms with Crippen LogP contribution in [0.1, 0.15) is 31.4 Å². The lowest BCUT2D eigenvalue weighted by Gasteiger charge is -2.39. The Balaban J connectivity index is 2.05. The fraction of sp³-hybridized carbons (Fsp3) is 0.600. The zero-order valence-electron chi connectivity index (χ0n) is 11.8. The normalized spacial score (nSPS) is 23.2. The van der Waals surface area contributed by atoms with Gasteiger partial charge in [0.2, 0.25) is 0 Å². The highest BCUT2D eigenvalue weighted by Gasteiger charge is 2.24. The van der Waals surface area contributed by atoms with E-state index >= 15 is 0 Å². The van der Waals surface area contributed by atoms with Gasteiger partial charge in [0.1, 0.15) is 0 Å². The number of benzene rings is 1. The summed E-state index contributed by atoms with van der Waals surface area (Å²) >= 11 is 0. The molecule has 2 unspecified atom stereocenters. The second-order valence-corrected chi connectivity index (χ2v) is 5.57. The predicted octanol–water partition coefficient (Wildman–Crippen LogP) is 2.36. The second kappa shape index (κ2) is 5.72. The molecule has 2 N–H and O–H groups in total. The molecule has 0 amide bonds. The largest absolute Gasteiger partial charge is 0.399 e. The molecule has 100 valence electrons. The quantitative estimate of drug-likeness (QED) is 0.832. The number of piperidine rings is 1. The Morgan fingerprint density at radius 2 is 2.22 bits per heavy atom. The topological polar surface area (TPSA) is 32.5 Å². The number of anilines is 1. The molecule has 1 aliphatic rings. The summed E-state index contributed by atoms with van der Waals surface area (Å²) in [6, 6.07) is 9.33. The average molecular weight is 247 g/mol. The van der Waals surface area contributed by atoms with Crippen LogP contribution in [0.3, 0.4) is 0 Å². The van der Waals surface area contributed by atoms with E-state index in [1.807, 2.05) is 12.1 Å². The minimum Gasteiger partial charge on any atom is -0.399 e. The molecule has 2 atom stereocenters. The Labute approximate surface area is 111 Å². The smallest absolute Gasteiger partial charge is 0.0321 e. The summed E-state index contributed by atoms with van der Waals surface area (Å²) < 4.78 is 0. The van der Waals surface area contributed by atoms with Crippen molar-refractivity contribution in [1.29, 1.82) is 0 Å².